The van der Waals surface area contributed by atoms with Crippen LogP contribution in [-0.2, 0) is 22.4 Å². The van der Waals surface area contributed by atoms with E-state index < -0.39 is 9.05 Å². The smallest absolute Gasteiger partial charge is 0.375 e. The van der Waals surface area contributed by atoms with Crippen molar-refractivity contribution in [1.29, 1.82) is 0 Å². The lowest BCUT2D eigenvalue weighted by Crippen LogP contribution is -2.47. The summed E-state index contributed by atoms with van der Waals surface area (Å²) < 4.78 is 25.8. The van der Waals surface area contributed by atoms with Gasteiger partial charge in [0.15, 0.2) is 0 Å². The average molecular weight is 236 g/mol. The zero-order valence-corrected chi connectivity index (χ0v) is 10.9. The van der Waals surface area contributed by atoms with Crippen LogP contribution in [0.15, 0.2) is 12.2 Å². The lowest BCUT2D eigenvalue weighted by molar-refractivity contribution is -0.00987. The molecule has 0 bridgehead atoms. The van der Waals surface area contributed by atoms with Crippen molar-refractivity contribution >= 4 is 9.05 Å². The molecule has 0 aromatic heterocycles. The zero-order chi connectivity index (χ0) is 11.7. The average Bonchev–Trinajstić information content (AvgIpc) is 2.24. The summed E-state index contributed by atoms with van der Waals surface area (Å²) in [5, 5.41) is 0. The predicted octanol–water partition coefficient (Wildman–Crippen LogP) is 0.970. The van der Waals surface area contributed by atoms with Crippen LogP contribution in [0.1, 0.15) is 6.92 Å². The minimum absolute atomic E-state index is 0.370. The van der Waals surface area contributed by atoms with Gasteiger partial charge in [-0.1, -0.05) is 12.2 Å². The Morgan fingerprint density at radius 2 is 1.60 bits per heavy atom. The third-order valence-electron chi connectivity index (χ3n) is 1.60. The molecule has 0 atom stereocenters. The fourth-order valence-corrected chi connectivity index (χ4v) is 2.09. The van der Waals surface area contributed by atoms with Crippen molar-refractivity contribution in [3.05, 3.63) is 12.2 Å². The van der Waals surface area contributed by atoms with Crippen LogP contribution in [0.5, 0.6) is 0 Å². The third kappa shape index (κ3) is 6.03. The topological polar surface area (TPSA) is 46.2 Å². The van der Waals surface area contributed by atoms with Gasteiger partial charge >= 0.3 is 9.05 Å². The van der Waals surface area contributed by atoms with Crippen molar-refractivity contribution in [2.24, 2.45) is 0 Å². The lowest BCUT2D eigenvalue weighted by Gasteiger charge is -2.22. The fourth-order valence-electron chi connectivity index (χ4n) is 0.899. The molecule has 0 rings (SSSR count). The lowest BCUT2D eigenvalue weighted by atomic mass is 10.4. The Hall–Kier alpha value is -0.243. The second-order valence-electron chi connectivity index (χ2n) is 2.97. The molecule has 0 aromatic carbocycles. The molecule has 90 valence electrons. The second-order valence-corrected chi connectivity index (χ2v) is 5.48. The monoisotopic (exact) mass is 236 g/mol. The summed E-state index contributed by atoms with van der Waals surface area (Å²) in [6.45, 7) is 6.98. The standard InChI is InChI=1S/C9H20O5Si/c1-9(2)8-13-6-7-14-15(10-3,11-4)12-5/h1,6-8H2,2-5H3. The van der Waals surface area contributed by atoms with E-state index in [1.54, 1.807) is 0 Å². The van der Waals surface area contributed by atoms with Gasteiger partial charge in [-0.15, -0.1) is 0 Å². The van der Waals surface area contributed by atoms with Crippen LogP contribution >= 0.6 is 0 Å². The first-order valence-electron chi connectivity index (χ1n) is 4.61. The first-order valence-corrected chi connectivity index (χ1v) is 6.25. The highest BCUT2D eigenvalue weighted by Gasteiger charge is 2.41. The van der Waals surface area contributed by atoms with E-state index in [0.717, 1.165) is 5.57 Å². The van der Waals surface area contributed by atoms with E-state index in [1.165, 1.54) is 21.3 Å². The van der Waals surface area contributed by atoms with Crippen molar-refractivity contribution in [2.75, 3.05) is 41.2 Å². The summed E-state index contributed by atoms with van der Waals surface area (Å²) in [6, 6.07) is 0. The van der Waals surface area contributed by atoms with Gasteiger partial charge in [0.05, 0.1) is 19.8 Å². The van der Waals surface area contributed by atoms with E-state index in [1.807, 2.05) is 6.92 Å². The molecule has 15 heavy (non-hydrogen) atoms. The normalized spacial score (nSPS) is 11.7. The van der Waals surface area contributed by atoms with E-state index in [4.69, 9.17) is 22.4 Å². The van der Waals surface area contributed by atoms with Gasteiger partial charge in [-0.25, -0.2) is 0 Å². The second kappa shape index (κ2) is 7.97. The van der Waals surface area contributed by atoms with E-state index >= 15 is 0 Å². The molecule has 0 aromatic rings. The maximum atomic E-state index is 5.38. The number of ether oxygens (including phenoxy) is 1. The van der Waals surface area contributed by atoms with Gasteiger partial charge in [0.2, 0.25) is 0 Å². The minimum atomic E-state index is -2.90. The molecule has 0 amide bonds. The van der Waals surface area contributed by atoms with Crippen LogP contribution in [0, 0.1) is 0 Å². The highest BCUT2D eigenvalue weighted by atomic mass is 28.4. The predicted molar refractivity (Wildman–Crippen MR) is 58.4 cm³/mol. The SMILES string of the molecule is C=C(C)COCCO[Si](OC)(OC)OC. The Morgan fingerprint density at radius 3 is 2.00 bits per heavy atom. The van der Waals surface area contributed by atoms with Crippen molar-refractivity contribution in [1.82, 2.24) is 0 Å². The molecule has 0 N–H and O–H groups in total. The Balaban J connectivity index is 3.67. The van der Waals surface area contributed by atoms with Gasteiger partial charge in [0, 0.05) is 21.3 Å². The van der Waals surface area contributed by atoms with Crippen LogP contribution in [0.3, 0.4) is 0 Å². The summed E-state index contributed by atoms with van der Waals surface area (Å²) in [6.07, 6.45) is 0. The van der Waals surface area contributed by atoms with E-state index in [2.05, 4.69) is 6.58 Å². The van der Waals surface area contributed by atoms with Crippen LogP contribution in [0.25, 0.3) is 0 Å². The summed E-state index contributed by atoms with van der Waals surface area (Å²) in [5.41, 5.74) is 0.976. The molecule has 6 heteroatoms. The number of hydrogen-bond acceptors (Lipinski definition) is 5. The van der Waals surface area contributed by atoms with Crippen LogP contribution in [0.4, 0.5) is 0 Å². The first-order chi connectivity index (χ1) is 7.10. The van der Waals surface area contributed by atoms with Crippen LogP contribution < -0.4 is 0 Å². The molecular weight excluding hydrogens is 216 g/mol. The van der Waals surface area contributed by atoms with Crippen molar-refractivity contribution < 1.29 is 22.4 Å². The van der Waals surface area contributed by atoms with Gasteiger partial charge in [0.1, 0.15) is 0 Å². The molecule has 0 aliphatic rings. The summed E-state index contributed by atoms with van der Waals surface area (Å²) in [5.74, 6) is 0. The molecule has 0 unspecified atom stereocenters. The Labute approximate surface area is 92.4 Å². The Morgan fingerprint density at radius 1 is 1.07 bits per heavy atom. The van der Waals surface area contributed by atoms with Crippen molar-refractivity contribution in [2.45, 2.75) is 6.92 Å². The van der Waals surface area contributed by atoms with Crippen molar-refractivity contribution in [3.8, 4) is 0 Å². The fraction of sp³-hybridized carbons (Fsp3) is 0.778. The van der Waals surface area contributed by atoms with Gasteiger partial charge in [-0.05, 0) is 6.92 Å². The van der Waals surface area contributed by atoms with Crippen LogP contribution in [0.2, 0.25) is 0 Å². The largest absolute Gasteiger partial charge is 0.678 e. The maximum Gasteiger partial charge on any atom is 0.678 e. The highest BCUT2D eigenvalue weighted by Crippen LogP contribution is 2.07. The zero-order valence-electron chi connectivity index (χ0n) is 9.87. The summed E-state index contributed by atoms with van der Waals surface area (Å²) >= 11 is 0. The van der Waals surface area contributed by atoms with E-state index in [9.17, 15) is 0 Å². The third-order valence-corrected chi connectivity index (χ3v) is 3.66. The Kier molecular flexibility index (Phi) is 7.84. The molecule has 0 saturated heterocycles. The summed E-state index contributed by atoms with van der Waals surface area (Å²) in [7, 11) is 1.59. The molecule has 0 heterocycles. The van der Waals surface area contributed by atoms with Crippen molar-refractivity contribution in [3.63, 3.8) is 0 Å². The molecule has 0 spiro atoms. The molecule has 0 saturated carbocycles. The molecule has 0 fully saturated rings. The maximum absolute atomic E-state index is 5.38. The first kappa shape index (κ1) is 14.8. The number of rotatable bonds is 9. The quantitative estimate of drug-likeness (QED) is 0.339. The highest BCUT2D eigenvalue weighted by molar-refractivity contribution is 6.53. The van der Waals surface area contributed by atoms with Crippen LogP contribution in [-0.4, -0.2) is 50.2 Å². The number of hydrogen-bond donors (Lipinski definition) is 0. The van der Waals surface area contributed by atoms with Gasteiger partial charge < -0.3 is 22.4 Å². The van der Waals surface area contributed by atoms with Gasteiger partial charge in [-0.2, -0.15) is 0 Å². The molecule has 0 aliphatic carbocycles. The van der Waals surface area contributed by atoms with E-state index in [-0.39, 0.29) is 0 Å². The minimum Gasteiger partial charge on any atom is -0.375 e. The molecule has 0 aliphatic heterocycles. The van der Waals surface area contributed by atoms with Gasteiger partial charge in [0.25, 0.3) is 0 Å². The molecule has 5 nitrogen and oxygen atoms in total. The molecular formula is C9H20O5Si. The van der Waals surface area contributed by atoms with E-state index in [0.29, 0.717) is 19.8 Å². The molecule has 0 radical (unpaired) electrons. The van der Waals surface area contributed by atoms with Gasteiger partial charge in [-0.3, -0.25) is 0 Å². The Bertz CT molecular complexity index is 173. The summed E-state index contributed by atoms with van der Waals surface area (Å²) in [4.78, 5) is 0.